The van der Waals surface area contributed by atoms with Gasteiger partial charge in [-0.2, -0.15) is 0 Å². The first kappa shape index (κ1) is 20.3. The second-order valence-corrected chi connectivity index (χ2v) is 8.32. The van der Waals surface area contributed by atoms with Gasteiger partial charge >= 0.3 is 0 Å². The Hall–Kier alpha value is -4.34. The molecule has 1 aliphatic rings. The van der Waals surface area contributed by atoms with Crippen molar-refractivity contribution in [3.05, 3.63) is 108 Å². The van der Waals surface area contributed by atoms with E-state index in [9.17, 15) is 4.39 Å². The van der Waals surface area contributed by atoms with Crippen LogP contribution in [0.2, 0.25) is 0 Å². The standard InChI is InChI=1S/C29H21FN4/c1-2-18-14-15-25(21-11-7-12-23(30)26(18)21)32-28-22-10-5-6-13-24(22)33-29(34-28)27-20-9-4-3-8-19(20)16-17-31-27/h3-14,16-18H,2H2,1H3,(H,32,33,34). The van der Waals surface area contributed by atoms with Gasteiger partial charge in [0.2, 0.25) is 0 Å². The van der Waals surface area contributed by atoms with E-state index >= 15 is 0 Å². The zero-order chi connectivity index (χ0) is 23.1. The van der Waals surface area contributed by atoms with Gasteiger partial charge in [0.15, 0.2) is 5.82 Å². The van der Waals surface area contributed by atoms with Crippen molar-refractivity contribution in [3.63, 3.8) is 0 Å². The van der Waals surface area contributed by atoms with Crippen molar-refractivity contribution in [2.24, 2.45) is 0 Å². The Balaban J connectivity index is 1.54. The summed E-state index contributed by atoms with van der Waals surface area (Å²) in [5.41, 5.74) is 7.06. The van der Waals surface area contributed by atoms with Gasteiger partial charge in [0.25, 0.3) is 0 Å². The minimum atomic E-state index is -0.199. The maximum atomic E-state index is 14.8. The summed E-state index contributed by atoms with van der Waals surface area (Å²) in [6, 6.07) is 23.1. The average molecular weight is 445 g/mol. The molecule has 0 saturated heterocycles. The predicted molar refractivity (Wildman–Crippen MR) is 135 cm³/mol. The summed E-state index contributed by atoms with van der Waals surface area (Å²) in [6.07, 6.45) is 4.52. The highest BCUT2D eigenvalue weighted by molar-refractivity contribution is 5.97. The number of benzene rings is 3. The number of hydrogen-bond donors (Lipinski definition) is 1. The third-order valence-corrected chi connectivity index (χ3v) is 6.29. The first-order valence-electron chi connectivity index (χ1n) is 11.4. The molecular formula is C29H21FN4. The number of nitrogens with one attached hydrogen (secondary N) is 1. The molecule has 0 amide bonds. The van der Waals surface area contributed by atoms with E-state index in [1.165, 1.54) is 6.07 Å². The maximum Gasteiger partial charge on any atom is 0.181 e. The molecule has 2 heterocycles. The van der Waals surface area contributed by atoms with Crippen molar-refractivity contribution >= 4 is 33.2 Å². The highest BCUT2D eigenvalue weighted by Gasteiger charge is 2.22. The molecule has 5 heteroatoms. The molecule has 1 atom stereocenters. The van der Waals surface area contributed by atoms with Gasteiger partial charge in [-0.15, -0.1) is 0 Å². The molecule has 0 radical (unpaired) electrons. The van der Waals surface area contributed by atoms with Crippen molar-refractivity contribution in [3.8, 4) is 11.5 Å². The van der Waals surface area contributed by atoms with E-state index in [4.69, 9.17) is 9.97 Å². The van der Waals surface area contributed by atoms with E-state index in [0.29, 0.717) is 22.9 Å². The number of fused-ring (bicyclic) bond motifs is 3. The minimum Gasteiger partial charge on any atom is -0.333 e. The Morgan fingerprint density at radius 1 is 0.912 bits per heavy atom. The fraction of sp³-hybridized carbons (Fsp3) is 0.103. The van der Waals surface area contributed by atoms with Crippen LogP contribution in [0, 0.1) is 5.82 Å². The number of rotatable bonds is 4. The molecule has 5 aromatic rings. The SMILES string of the molecule is CCC1C=C=C(Nc2nc(-c3nccc4ccccc34)nc3ccccc23)c2cccc(F)c21. The summed E-state index contributed by atoms with van der Waals surface area (Å²) in [5.74, 6) is 0.967. The molecule has 34 heavy (non-hydrogen) atoms. The van der Waals surface area contributed by atoms with E-state index in [1.807, 2.05) is 66.7 Å². The van der Waals surface area contributed by atoms with Crippen molar-refractivity contribution < 1.29 is 4.39 Å². The van der Waals surface area contributed by atoms with Gasteiger partial charge in [-0.1, -0.05) is 61.2 Å². The molecular weight excluding hydrogens is 423 g/mol. The number of halogens is 1. The number of nitrogens with zero attached hydrogens (tertiary/aromatic N) is 3. The van der Waals surface area contributed by atoms with E-state index in [2.05, 4.69) is 23.0 Å². The van der Waals surface area contributed by atoms with Crippen LogP contribution in [-0.2, 0) is 0 Å². The largest absolute Gasteiger partial charge is 0.333 e. The lowest BCUT2D eigenvalue weighted by Crippen LogP contribution is -2.11. The third kappa shape index (κ3) is 3.35. The maximum absolute atomic E-state index is 14.8. The number of para-hydroxylation sites is 1. The zero-order valence-electron chi connectivity index (χ0n) is 18.6. The molecule has 0 bridgehead atoms. The van der Waals surface area contributed by atoms with Crippen molar-refractivity contribution in [2.45, 2.75) is 19.3 Å². The normalized spacial score (nSPS) is 14.8. The van der Waals surface area contributed by atoms with Crippen LogP contribution >= 0.6 is 0 Å². The molecule has 0 spiro atoms. The van der Waals surface area contributed by atoms with Gasteiger partial charge in [-0.3, -0.25) is 4.98 Å². The lowest BCUT2D eigenvalue weighted by atomic mass is 9.87. The molecule has 6 rings (SSSR count). The van der Waals surface area contributed by atoms with Crippen molar-refractivity contribution in [1.82, 2.24) is 15.0 Å². The Labute approximate surface area is 196 Å². The molecule has 0 aliphatic heterocycles. The Kier molecular flexibility index (Phi) is 4.90. The van der Waals surface area contributed by atoms with E-state index in [0.717, 1.165) is 39.4 Å². The zero-order valence-corrected chi connectivity index (χ0v) is 18.6. The lowest BCUT2D eigenvalue weighted by molar-refractivity contribution is 0.594. The Morgan fingerprint density at radius 3 is 2.62 bits per heavy atom. The van der Waals surface area contributed by atoms with E-state index in [1.54, 1.807) is 12.3 Å². The van der Waals surface area contributed by atoms with Crippen LogP contribution in [0.25, 0.3) is 38.9 Å². The van der Waals surface area contributed by atoms with Crippen molar-refractivity contribution in [2.75, 3.05) is 5.32 Å². The van der Waals surface area contributed by atoms with Gasteiger partial charge < -0.3 is 5.32 Å². The molecule has 1 unspecified atom stereocenters. The van der Waals surface area contributed by atoms with Crippen LogP contribution in [0.15, 0.2) is 90.8 Å². The molecule has 3 aromatic carbocycles. The molecule has 0 saturated carbocycles. The summed E-state index contributed by atoms with van der Waals surface area (Å²) >= 11 is 0. The average Bonchev–Trinajstić information content (AvgIpc) is 2.88. The fourth-order valence-electron chi connectivity index (χ4n) is 4.60. The van der Waals surface area contributed by atoms with Gasteiger partial charge in [-0.05, 0) is 42.1 Å². The number of hydrogen-bond acceptors (Lipinski definition) is 4. The van der Waals surface area contributed by atoms with Crippen LogP contribution < -0.4 is 5.32 Å². The van der Waals surface area contributed by atoms with Gasteiger partial charge in [0.05, 0.1) is 11.2 Å². The number of pyridine rings is 1. The van der Waals surface area contributed by atoms with E-state index < -0.39 is 0 Å². The smallest absolute Gasteiger partial charge is 0.181 e. The molecule has 2 aromatic heterocycles. The molecule has 1 aliphatic carbocycles. The van der Waals surface area contributed by atoms with Crippen LogP contribution in [0.1, 0.15) is 30.4 Å². The van der Waals surface area contributed by atoms with Crippen LogP contribution in [-0.4, -0.2) is 15.0 Å². The summed E-state index contributed by atoms with van der Waals surface area (Å²) in [5, 5.41) is 6.37. The topological polar surface area (TPSA) is 50.7 Å². The number of allylic oxidation sites excluding steroid dienone is 1. The summed E-state index contributed by atoms with van der Waals surface area (Å²) in [6.45, 7) is 2.05. The van der Waals surface area contributed by atoms with Gasteiger partial charge in [0.1, 0.15) is 17.3 Å². The molecule has 164 valence electrons. The van der Waals surface area contributed by atoms with Crippen LogP contribution in [0.3, 0.4) is 0 Å². The molecule has 0 fully saturated rings. The van der Waals surface area contributed by atoms with Crippen LogP contribution in [0.4, 0.5) is 10.2 Å². The quantitative estimate of drug-likeness (QED) is 0.300. The predicted octanol–water partition coefficient (Wildman–Crippen LogP) is 7.10. The van der Waals surface area contributed by atoms with Gasteiger partial charge in [0, 0.05) is 34.0 Å². The first-order valence-corrected chi connectivity index (χ1v) is 11.4. The van der Waals surface area contributed by atoms with E-state index in [-0.39, 0.29) is 11.7 Å². The summed E-state index contributed by atoms with van der Waals surface area (Å²) < 4.78 is 14.8. The first-order chi connectivity index (χ1) is 16.7. The highest BCUT2D eigenvalue weighted by atomic mass is 19.1. The lowest BCUT2D eigenvalue weighted by Gasteiger charge is -2.22. The highest BCUT2D eigenvalue weighted by Crippen LogP contribution is 2.36. The van der Waals surface area contributed by atoms with Gasteiger partial charge in [-0.25, -0.2) is 14.4 Å². The Morgan fingerprint density at radius 2 is 1.74 bits per heavy atom. The summed E-state index contributed by atoms with van der Waals surface area (Å²) in [7, 11) is 0. The second kappa shape index (κ2) is 8.22. The summed E-state index contributed by atoms with van der Waals surface area (Å²) in [4.78, 5) is 14.3. The number of aromatic nitrogens is 3. The fourth-order valence-corrected chi connectivity index (χ4v) is 4.60. The third-order valence-electron chi connectivity index (χ3n) is 6.29. The molecule has 4 nitrogen and oxygen atoms in total. The minimum absolute atomic E-state index is 0.000613. The second-order valence-electron chi connectivity index (χ2n) is 8.32. The van der Waals surface area contributed by atoms with Crippen LogP contribution in [0.5, 0.6) is 0 Å². The molecule has 1 N–H and O–H groups in total. The monoisotopic (exact) mass is 444 g/mol. The van der Waals surface area contributed by atoms with Crippen molar-refractivity contribution in [1.29, 1.82) is 0 Å². The Bertz CT molecular complexity index is 1630. The number of anilines is 1.